The van der Waals surface area contributed by atoms with Gasteiger partial charge >= 0.3 is 12.3 Å². The van der Waals surface area contributed by atoms with Crippen LogP contribution in [-0.2, 0) is 17.8 Å². The normalized spacial score (nSPS) is 11.2. The number of nitrogens with zero attached hydrogens (tertiary/aromatic N) is 1. The first-order valence-corrected chi connectivity index (χ1v) is 5.00. The number of alkyl halides is 3. The fourth-order valence-electron chi connectivity index (χ4n) is 1.44. The highest BCUT2D eigenvalue weighted by Crippen LogP contribution is 2.34. The highest BCUT2D eigenvalue weighted by molar-refractivity contribution is 5.73. The van der Waals surface area contributed by atoms with Gasteiger partial charge < -0.3 is 20.3 Å². The van der Waals surface area contributed by atoms with E-state index in [1.165, 1.54) is 7.11 Å². The molecule has 0 saturated carbocycles. The van der Waals surface area contributed by atoms with Crippen molar-refractivity contribution in [2.24, 2.45) is 5.73 Å². The van der Waals surface area contributed by atoms with Gasteiger partial charge in [0.25, 0.3) is 0 Å². The van der Waals surface area contributed by atoms with Gasteiger partial charge in [-0.05, 0) is 0 Å². The number of carboxylic acid groups (broad SMARTS) is 1. The molecule has 0 unspecified atom stereocenters. The van der Waals surface area contributed by atoms with Crippen LogP contribution >= 0.6 is 0 Å². The summed E-state index contributed by atoms with van der Waals surface area (Å²) in [6.07, 6.45) is -4.58. The molecule has 0 amide bonds. The summed E-state index contributed by atoms with van der Waals surface area (Å²) in [6.45, 7) is -0.331. The summed E-state index contributed by atoms with van der Waals surface area (Å²) in [7, 11) is 1.18. The minimum Gasteiger partial charge on any atom is -0.495 e. The standard InChI is InChI=1S/C10H11F3N2O4/c1-18-7-4-15-6(3-14)9(19-10(11,12)13)5(7)2-8(16)17/h4H,2-3,14H2,1H3,(H,16,17). The highest BCUT2D eigenvalue weighted by atomic mass is 19.4. The van der Waals surface area contributed by atoms with Crippen LogP contribution in [-0.4, -0.2) is 29.5 Å². The second-order valence-electron chi connectivity index (χ2n) is 3.40. The smallest absolute Gasteiger partial charge is 0.495 e. The van der Waals surface area contributed by atoms with Crippen LogP contribution in [0, 0.1) is 0 Å². The molecule has 0 saturated heterocycles. The Morgan fingerprint density at radius 1 is 1.53 bits per heavy atom. The molecule has 0 aliphatic rings. The fraction of sp³-hybridized carbons (Fsp3) is 0.400. The Bertz CT molecular complexity index is 477. The topological polar surface area (TPSA) is 94.7 Å². The second-order valence-corrected chi connectivity index (χ2v) is 3.40. The third-order valence-electron chi connectivity index (χ3n) is 2.13. The zero-order chi connectivity index (χ0) is 14.6. The number of hydrogen-bond donors (Lipinski definition) is 2. The maximum Gasteiger partial charge on any atom is 0.573 e. The quantitative estimate of drug-likeness (QED) is 0.838. The van der Waals surface area contributed by atoms with E-state index in [0.717, 1.165) is 6.20 Å². The van der Waals surface area contributed by atoms with Crippen molar-refractivity contribution >= 4 is 5.97 Å². The first-order chi connectivity index (χ1) is 8.78. The summed E-state index contributed by atoms with van der Waals surface area (Å²) in [4.78, 5) is 14.4. The van der Waals surface area contributed by atoms with Gasteiger partial charge in [0.1, 0.15) is 5.75 Å². The molecule has 0 aromatic carbocycles. The SMILES string of the molecule is COc1cnc(CN)c(OC(F)(F)F)c1CC(=O)O. The Hall–Kier alpha value is -2.03. The number of ether oxygens (including phenoxy) is 2. The number of aromatic nitrogens is 1. The lowest BCUT2D eigenvalue weighted by molar-refractivity contribution is -0.275. The zero-order valence-electron chi connectivity index (χ0n) is 9.82. The van der Waals surface area contributed by atoms with Gasteiger partial charge in [-0.1, -0.05) is 0 Å². The van der Waals surface area contributed by atoms with Crippen LogP contribution in [0.3, 0.4) is 0 Å². The molecular weight excluding hydrogens is 269 g/mol. The summed E-state index contributed by atoms with van der Waals surface area (Å²) in [5.41, 5.74) is 4.80. The summed E-state index contributed by atoms with van der Waals surface area (Å²) >= 11 is 0. The number of carboxylic acids is 1. The van der Waals surface area contributed by atoms with Crippen LogP contribution in [0.15, 0.2) is 6.20 Å². The molecule has 19 heavy (non-hydrogen) atoms. The molecule has 0 radical (unpaired) electrons. The Balaban J connectivity index is 3.38. The molecule has 1 heterocycles. The molecule has 0 fully saturated rings. The molecule has 0 atom stereocenters. The van der Waals surface area contributed by atoms with E-state index in [1.54, 1.807) is 0 Å². The largest absolute Gasteiger partial charge is 0.573 e. The van der Waals surface area contributed by atoms with Crippen molar-refractivity contribution in [3.05, 3.63) is 17.5 Å². The van der Waals surface area contributed by atoms with Gasteiger partial charge in [-0.3, -0.25) is 9.78 Å². The van der Waals surface area contributed by atoms with Crippen molar-refractivity contribution < 1.29 is 32.5 Å². The average Bonchev–Trinajstić information content (AvgIpc) is 2.28. The molecule has 1 aromatic heterocycles. The molecule has 0 bridgehead atoms. The molecular formula is C10H11F3N2O4. The predicted molar refractivity (Wildman–Crippen MR) is 56.7 cm³/mol. The predicted octanol–water partition coefficient (Wildman–Crippen LogP) is 1.07. The number of hydrogen-bond acceptors (Lipinski definition) is 5. The van der Waals surface area contributed by atoms with Crippen LogP contribution < -0.4 is 15.2 Å². The number of carbonyl (C=O) groups is 1. The number of aliphatic carboxylic acids is 1. The van der Waals surface area contributed by atoms with Crippen molar-refractivity contribution in [1.29, 1.82) is 0 Å². The summed E-state index contributed by atoms with van der Waals surface area (Å²) in [5, 5.41) is 8.73. The lowest BCUT2D eigenvalue weighted by Crippen LogP contribution is -2.21. The average molecular weight is 280 g/mol. The number of rotatable bonds is 5. The first kappa shape index (κ1) is 15.0. The molecule has 9 heteroatoms. The van der Waals surface area contributed by atoms with Crippen LogP contribution in [0.5, 0.6) is 11.5 Å². The zero-order valence-corrected chi connectivity index (χ0v) is 9.82. The minimum atomic E-state index is -4.98. The van der Waals surface area contributed by atoms with Gasteiger partial charge in [-0.2, -0.15) is 0 Å². The Labute approximate surface area is 105 Å². The van der Waals surface area contributed by atoms with E-state index in [4.69, 9.17) is 15.6 Å². The maximum absolute atomic E-state index is 12.3. The second kappa shape index (κ2) is 5.74. The van der Waals surface area contributed by atoms with Crippen LogP contribution in [0.1, 0.15) is 11.3 Å². The number of methoxy groups -OCH3 is 1. The van der Waals surface area contributed by atoms with E-state index in [1.807, 2.05) is 0 Å². The van der Waals surface area contributed by atoms with Gasteiger partial charge in [0.15, 0.2) is 5.75 Å². The first-order valence-electron chi connectivity index (χ1n) is 5.00. The lowest BCUT2D eigenvalue weighted by atomic mass is 10.1. The number of pyridine rings is 1. The van der Waals surface area contributed by atoms with E-state index in [9.17, 15) is 18.0 Å². The third-order valence-corrected chi connectivity index (χ3v) is 2.13. The molecule has 0 aliphatic carbocycles. The highest BCUT2D eigenvalue weighted by Gasteiger charge is 2.34. The van der Waals surface area contributed by atoms with Crippen LogP contribution in [0.25, 0.3) is 0 Å². The Morgan fingerprint density at radius 3 is 2.58 bits per heavy atom. The molecule has 106 valence electrons. The minimum absolute atomic E-state index is 0.112. The Kier molecular flexibility index (Phi) is 4.54. The lowest BCUT2D eigenvalue weighted by Gasteiger charge is -2.17. The number of nitrogens with two attached hydrogens (primary N) is 1. The van der Waals surface area contributed by atoms with Crippen molar-refractivity contribution in [3.8, 4) is 11.5 Å². The molecule has 3 N–H and O–H groups in total. The van der Waals surface area contributed by atoms with Gasteiger partial charge in [-0.15, -0.1) is 13.2 Å². The molecule has 0 aliphatic heterocycles. The van der Waals surface area contributed by atoms with E-state index < -0.39 is 24.5 Å². The van der Waals surface area contributed by atoms with Crippen LogP contribution in [0.4, 0.5) is 13.2 Å². The molecule has 6 nitrogen and oxygen atoms in total. The molecule has 1 aromatic rings. The number of halogens is 3. The van der Waals surface area contributed by atoms with E-state index in [-0.39, 0.29) is 23.6 Å². The third kappa shape index (κ3) is 3.98. The summed E-state index contributed by atoms with van der Waals surface area (Å²) in [6, 6.07) is 0. The Morgan fingerprint density at radius 2 is 2.16 bits per heavy atom. The monoisotopic (exact) mass is 280 g/mol. The summed E-state index contributed by atoms with van der Waals surface area (Å²) in [5.74, 6) is -2.17. The van der Waals surface area contributed by atoms with E-state index >= 15 is 0 Å². The van der Waals surface area contributed by atoms with Gasteiger partial charge in [0, 0.05) is 6.54 Å². The van der Waals surface area contributed by atoms with Gasteiger partial charge in [0.05, 0.1) is 31.0 Å². The fourth-order valence-corrected chi connectivity index (χ4v) is 1.44. The van der Waals surface area contributed by atoms with Crippen molar-refractivity contribution in [2.75, 3.05) is 7.11 Å². The maximum atomic E-state index is 12.3. The van der Waals surface area contributed by atoms with Gasteiger partial charge in [-0.25, -0.2) is 0 Å². The van der Waals surface area contributed by atoms with E-state index in [2.05, 4.69) is 9.72 Å². The van der Waals surface area contributed by atoms with Gasteiger partial charge in [0.2, 0.25) is 0 Å². The molecule has 1 rings (SSSR count). The van der Waals surface area contributed by atoms with Crippen molar-refractivity contribution in [3.63, 3.8) is 0 Å². The van der Waals surface area contributed by atoms with E-state index in [0.29, 0.717) is 0 Å². The summed E-state index contributed by atoms with van der Waals surface area (Å²) < 4.78 is 45.6. The van der Waals surface area contributed by atoms with Crippen molar-refractivity contribution in [1.82, 2.24) is 4.98 Å². The molecule has 0 spiro atoms. The van der Waals surface area contributed by atoms with Crippen molar-refractivity contribution in [2.45, 2.75) is 19.3 Å². The van der Waals surface area contributed by atoms with Crippen LogP contribution in [0.2, 0.25) is 0 Å².